The fourth-order valence-corrected chi connectivity index (χ4v) is 1.46. The van der Waals surface area contributed by atoms with Crippen molar-refractivity contribution in [2.75, 3.05) is 20.6 Å². The Bertz CT molecular complexity index is 97.6. The quantitative estimate of drug-likeness (QED) is 0.684. The summed E-state index contributed by atoms with van der Waals surface area (Å²) in [4.78, 5) is 0. The van der Waals surface area contributed by atoms with Gasteiger partial charge in [-0.2, -0.15) is 0 Å². The SMILES string of the molecule is CCC.CNCC1(NC)CCC1.[HH]. The third-order valence-electron chi connectivity index (χ3n) is 2.36. The van der Waals surface area contributed by atoms with E-state index < -0.39 is 0 Å². The first-order chi connectivity index (χ1) is 5.74. The Hall–Kier alpha value is -0.0800. The van der Waals surface area contributed by atoms with Gasteiger partial charge in [-0.15, -0.1) is 0 Å². The summed E-state index contributed by atoms with van der Waals surface area (Å²) >= 11 is 0. The molecule has 1 saturated carbocycles. The van der Waals surface area contributed by atoms with Gasteiger partial charge in [-0.05, 0) is 33.4 Å². The first-order valence-electron chi connectivity index (χ1n) is 5.08. The van der Waals surface area contributed by atoms with E-state index in [1.807, 2.05) is 7.05 Å². The van der Waals surface area contributed by atoms with Crippen LogP contribution in [0.4, 0.5) is 0 Å². The zero-order valence-corrected chi connectivity index (χ0v) is 9.04. The lowest BCUT2D eigenvalue weighted by Crippen LogP contribution is -2.55. The minimum atomic E-state index is 0. The molecule has 0 amide bonds. The van der Waals surface area contributed by atoms with Crippen molar-refractivity contribution in [3.8, 4) is 0 Å². The van der Waals surface area contributed by atoms with Crippen LogP contribution in [-0.4, -0.2) is 26.2 Å². The molecule has 0 aliphatic heterocycles. The number of rotatable bonds is 3. The van der Waals surface area contributed by atoms with E-state index in [1.165, 1.54) is 25.7 Å². The standard InChI is InChI=1S/C7H16N2.C3H8.H2/c1-8-6-7(9-2)4-3-5-7;1-3-2;/h8-9H,3-6H2,1-2H3;3H2,1-2H3;1H. The predicted molar refractivity (Wildman–Crippen MR) is 57.6 cm³/mol. The van der Waals surface area contributed by atoms with Crippen LogP contribution < -0.4 is 10.6 Å². The van der Waals surface area contributed by atoms with Crippen LogP contribution in [0, 0.1) is 0 Å². The molecule has 0 aromatic heterocycles. The first-order valence-corrected chi connectivity index (χ1v) is 5.08. The molecular formula is C10H26N2. The van der Waals surface area contributed by atoms with Crippen molar-refractivity contribution in [2.24, 2.45) is 0 Å². The highest BCUT2D eigenvalue weighted by Gasteiger charge is 2.33. The van der Waals surface area contributed by atoms with Crippen LogP contribution in [0.3, 0.4) is 0 Å². The molecule has 0 atom stereocenters. The number of nitrogens with one attached hydrogen (secondary N) is 2. The van der Waals surface area contributed by atoms with Crippen LogP contribution in [-0.2, 0) is 0 Å². The van der Waals surface area contributed by atoms with E-state index in [4.69, 9.17) is 0 Å². The molecule has 0 aromatic rings. The van der Waals surface area contributed by atoms with Crippen LogP contribution >= 0.6 is 0 Å². The van der Waals surface area contributed by atoms with Gasteiger partial charge in [0.1, 0.15) is 0 Å². The van der Waals surface area contributed by atoms with Gasteiger partial charge in [-0.3, -0.25) is 0 Å². The van der Waals surface area contributed by atoms with E-state index in [0.29, 0.717) is 5.54 Å². The Labute approximate surface area is 78.6 Å². The molecule has 0 aromatic carbocycles. The van der Waals surface area contributed by atoms with Crippen molar-refractivity contribution < 1.29 is 1.43 Å². The smallest absolute Gasteiger partial charge is 0.0303 e. The van der Waals surface area contributed by atoms with E-state index in [9.17, 15) is 0 Å². The molecule has 1 aliphatic carbocycles. The summed E-state index contributed by atoms with van der Waals surface area (Å²) in [7, 11) is 4.06. The summed E-state index contributed by atoms with van der Waals surface area (Å²) in [5.74, 6) is 0. The maximum atomic E-state index is 3.35. The van der Waals surface area contributed by atoms with Crippen LogP contribution in [0.15, 0.2) is 0 Å². The minimum absolute atomic E-state index is 0. The predicted octanol–water partition coefficient (Wildman–Crippen LogP) is 2.01. The highest BCUT2D eigenvalue weighted by molar-refractivity contribution is 4.96. The molecule has 0 radical (unpaired) electrons. The lowest BCUT2D eigenvalue weighted by Gasteiger charge is -2.41. The highest BCUT2D eigenvalue weighted by Crippen LogP contribution is 2.30. The van der Waals surface area contributed by atoms with Crippen molar-refractivity contribution in [3.05, 3.63) is 0 Å². The molecular weight excluding hydrogens is 148 g/mol. The van der Waals surface area contributed by atoms with E-state index in [2.05, 4.69) is 31.5 Å². The van der Waals surface area contributed by atoms with Gasteiger partial charge in [-0.25, -0.2) is 0 Å². The Kier molecular flexibility index (Phi) is 6.39. The number of hydrogen-bond donors (Lipinski definition) is 2. The Morgan fingerprint density at radius 1 is 1.25 bits per heavy atom. The molecule has 0 bridgehead atoms. The molecule has 2 nitrogen and oxygen atoms in total. The molecule has 0 saturated heterocycles. The molecule has 1 rings (SSSR count). The van der Waals surface area contributed by atoms with E-state index >= 15 is 0 Å². The van der Waals surface area contributed by atoms with Crippen LogP contribution in [0.2, 0.25) is 0 Å². The molecule has 2 heteroatoms. The van der Waals surface area contributed by atoms with E-state index in [-0.39, 0.29) is 1.43 Å². The summed E-state index contributed by atoms with van der Waals surface area (Å²) in [5.41, 5.74) is 0.453. The van der Waals surface area contributed by atoms with Crippen molar-refractivity contribution in [1.82, 2.24) is 10.6 Å². The summed E-state index contributed by atoms with van der Waals surface area (Å²) in [5, 5.41) is 6.55. The topological polar surface area (TPSA) is 24.1 Å². The summed E-state index contributed by atoms with van der Waals surface area (Å²) in [6.07, 6.45) is 5.32. The molecule has 76 valence electrons. The molecule has 12 heavy (non-hydrogen) atoms. The maximum absolute atomic E-state index is 3.35. The van der Waals surface area contributed by atoms with Crippen LogP contribution in [0.1, 0.15) is 41.0 Å². The highest BCUT2D eigenvalue weighted by atomic mass is 15.0. The second-order valence-corrected chi connectivity index (χ2v) is 3.62. The third kappa shape index (κ3) is 3.55. The van der Waals surface area contributed by atoms with Crippen molar-refractivity contribution in [3.63, 3.8) is 0 Å². The van der Waals surface area contributed by atoms with Gasteiger partial charge in [0.05, 0.1) is 0 Å². The zero-order valence-electron chi connectivity index (χ0n) is 9.04. The third-order valence-corrected chi connectivity index (χ3v) is 2.36. The minimum Gasteiger partial charge on any atom is -0.318 e. The Morgan fingerprint density at radius 3 is 1.83 bits per heavy atom. The number of hydrogen-bond acceptors (Lipinski definition) is 2. The van der Waals surface area contributed by atoms with Gasteiger partial charge in [0.25, 0.3) is 0 Å². The largest absolute Gasteiger partial charge is 0.318 e. The number of likely N-dealkylation sites (N-methyl/N-ethyl adjacent to an activating group) is 2. The molecule has 0 unspecified atom stereocenters. The first kappa shape index (κ1) is 11.9. The van der Waals surface area contributed by atoms with Crippen LogP contribution in [0.5, 0.6) is 0 Å². The lowest BCUT2D eigenvalue weighted by molar-refractivity contribution is 0.196. The molecule has 1 aliphatic rings. The maximum Gasteiger partial charge on any atom is 0.0303 e. The normalized spacial score (nSPS) is 19.0. The van der Waals surface area contributed by atoms with Gasteiger partial charge >= 0.3 is 0 Å². The Morgan fingerprint density at radius 2 is 1.75 bits per heavy atom. The van der Waals surface area contributed by atoms with E-state index in [1.54, 1.807) is 0 Å². The summed E-state index contributed by atoms with van der Waals surface area (Å²) in [6, 6.07) is 0. The lowest BCUT2D eigenvalue weighted by atomic mass is 9.77. The Balaban J connectivity index is 0. The average molecular weight is 174 g/mol. The second kappa shape index (κ2) is 6.44. The van der Waals surface area contributed by atoms with Crippen molar-refractivity contribution >= 4 is 0 Å². The van der Waals surface area contributed by atoms with Gasteiger partial charge in [0.15, 0.2) is 0 Å². The summed E-state index contributed by atoms with van der Waals surface area (Å²) < 4.78 is 0. The molecule has 0 spiro atoms. The van der Waals surface area contributed by atoms with E-state index in [0.717, 1.165) is 6.54 Å². The van der Waals surface area contributed by atoms with Gasteiger partial charge in [-0.1, -0.05) is 20.3 Å². The van der Waals surface area contributed by atoms with Crippen LogP contribution in [0.25, 0.3) is 0 Å². The van der Waals surface area contributed by atoms with Gasteiger partial charge < -0.3 is 10.6 Å². The van der Waals surface area contributed by atoms with Gasteiger partial charge in [0.2, 0.25) is 0 Å². The fraction of sp³-hybridized carbons (Fsp3) is 1.00. The second-order valence-electron chi connectivity index (χ2n) is 3.62. The zero-order chi connectivity index (χ0) is 9.45. The van der Waals surface area contributed by atoms with Crippen molar-refractivity contribution in [2.45, 2.75) is 45.1 Å². The fourth-order valence-electron chi connectivity index (χ4n) is 1.46. The monoisotopic (exact) mass is 174 g/mol. The molecule has 1 fully saturated rings. The molecule has 2 N–H and O–H groups in total. The van der Waals surface area contributed by atoms with Gasteiger partial charge in [0, 0.05) is 13.5 Å². The van der Waals surface area contributed by atoms with Crippen molar-refractivity contribution in [1.29, 1.82) is 0 Å². The summed E-state index contributed by atoms with van der Waals surface area (Å²) in [6.45, 7) is 5.36. The average Bonchev–Trinajstić information content (AvgIpc) is 1.98. The molecule has 0 heterocycles.